The second-order valence-corrected chi connectivity index (χ2v) is 6.75. The molecule has 0 atom stereocenters. The molecule has 3 aromatic rings. The average molecular weight is 385 g/mol. The summed E-state index contributed by atoms with van der Waals surface area (Å²) in [5.74, 6) is 1.28. The van der Waals surface area contributed by atoms with Crippen molar-refractivity contribution in [2.24, 2.45) is 0 Å². The molecule has 108 valence electrons. The molecule has 0 saturated heterocycles. The van der Waals surface area contributed by atoms with Crippen molar-refractivity contribution < 1.29 is 4.74 Å². The largest absolute Gasteiger partial charge is 0.437 e. The predicted octanol–water partition coefficient (Wildman–Crippen LogP) is 5.04. The molecule has 7 heteroatoms. The monoisotopic (exact) mass is 383 g/mol. The summed E-state index contributed by atoms with van der Waals surface area (Å²) in [6, 6.07) is 7.35. The molecule has 1 aromatic carbocycles. The van der Waals surface area contributed by atoms with Crippen LogP contribution in [0.5, 0.6) is 11.6 Å². The van der Waals surface area contributed by atoms with Crippen LogP contribution in [0, 0.1) is 0 Å². The molecule has 0 saturated carbocycles. The van der Waals surface area contributed by atoms with Crippen molar-refractivity contribution >= 4 is 55.0 Å². The number of hydrogen-bond donors (Lipinski definition) is 1. The molecule has 2 N–H and O–H groups in total. The van der Waals surface area contributed by atoms with E-state index < -0.39 is 0 Å². The first-order valence-corrected chi connectivity index (χ1v) is 8.24. The third kappa shape index (κ3) is 2.97. The van der Waals surface area contributed by atoms with Crippen molar-refractivity contribution in [3.05, 3.63) is 38.6 Å². The second-order valence-electron chi connectivity index (χ2n) is 4.35. The Kier molecular flexibility index (Phi) is 4.01. The zero-order chi connectivity index (χ0) is 15.0. The predicted molar refractivity (Wildman–Crippen MR) is 90.4 cm³/mol. The van der Waals surface area contributed by atoms with Crippen molar-refractivity contribution in [3.8, 4) is 11.6 Å². The highest BCUT2D eigenvalue weighted by Gasteiger charge is 2.13. The van der Waals surface area contributed by atoms with Gasteiger partial charge in [-0.3, -0.25) is 0 Å². The number of halogens is 2. The van der Waals surface area contributed by atoms with E-state index in [0.717, 1.165) is 21.1 Å². The van der Waals surface area contributed by atoms with Gasteiger partial charge in [-0.15, -0.1) is 11.3 Å². The summed E-state index contributed by atoms with van der Waals surface area (Å²) in [6.45, 7) is 2.10. The minimum atomic E-state index is 0.201. The summed E-state index contributed by atoms with van der Waals surface area (Å²) in [5, 5.41) is 1.50. The molecule has 4 nitrogen and oxygen atoms in total. The van der Waals surface area contributed by atoms with Crippen LogP contribution in [0.15, 0.2) is 28.7 Å². The van der Waals surface area contributed by atoms with Gasteiger partial charge in [0.1, 0.15) is 10.6 Å². The van der Waals surface area contributed by atoms with Crippen LogP contribution in [0.2, 0.25) is 5.02 Å². The molecule has 21 heavy (non-hydrogen) atoms. The molecule has 0 unspecified atom stereocenters. The van der Waals surface area contributed by atoms with E-state index in [4.69, 9.17) is 22.1 Å². The van der Waals surface area contributed by atoms with Crippen LogP contribution in [0.3, 0.4) is 0 Å². The van der Waals surface area contributed by atoms with Gasteiger partial charge in [0.2, 0.25) is 11.8 Å². The number of fused-ring (bicyclic) bond motifs is 1. The molecule has 0 bridgehead atoms. The normalized spacial score (nSPS) is 11.0. The molecule has 0 aliphatic carbocycles. The van der Waals surface area contributed by atoms with Gasteiger partial charge in [-0.25, -0.2) is 4.98 Å². The molecule has 0 radical (unpaired) electrons. The lowest BCUT2D eigenvalue weighted by atomic mass is 10.3. The third-order valence-corrected chi connectivity index (χ3v) is 4.90. The highest BCUT2D eigenvalue weighted by atomic mass is 79.9. The Morgan fingerprint density at radius 1 is 1.33 bits per heavy atom. The number of nitrogens with zero attached hydrogens (tertiary/aromatic N) is 2. The highest BCUT2D eigenvalue weighted by molar-refractivity contribution is 9.10. The molecule has 3 rings (SSSR count). The average Bonchev–Trinajstić information content (AvgIpc) is 2.85. The number of nitrogens with two attached hydrogens (primary N) is 1. The number of aryl methyl sites for hydroxylation is 1. The maximum Gasteiger partial charge on any atom is 0.232 e. The fraction of sp³-hybridized carbons (Fsp3) is 0.143. The maximum absolute atomic E-state index is 5.93. The molecular weight excluding hydrogens is 374 g/mol. The number of thiophene rings is 1. The second kappa shape index (κ2) is 5.79. The summed E-state index contributed by atoms with van der Waals surface area (Å²) < 4.78 is 6.64. The first-order valence-electron chi connectivity index (χ1n) is 6.25. The van der Waals surface area contributed by atoms with Crippen LogP contribution in [0.1, 0.15) is 11.8 Å². The Morgan fingerprint density at radius 2 is 2.14 bits per heavy atom. The van der Waals surface area contributed by atoms with E-state index in [9.17, 15) is 0 Å². The number of benzene rings is 1. The Hall–Kier alpha value is -1.37. The molecular formula is C14H11BrClN3OS. The molecule has 0 aliphatic heterocycles. The maximum atomic E-state index is 5.93. The van der Waals surface area contributed by atoms with Crippen LogP contribution in [0.25, 0.3) is 10.2 Å². The fourth-order valence-corrected chi connectivity index (χ4v) is 3.60. The van der Waals surface area contributed by atoms with E-state index in [0.29, 0.717) is 16.7 Å². The lowest BCUT2D eigenvalue weighted by Crippen LogP contribution is -1.97. The van der Waals surface area contributed by atoms with Crippen molar-refractivity contribution in [1.29, 1.82) is 0 Å². The van der Waals surface area contributed by atoms with E-state index >= 15 is 0 Å². The quantitative estimate of drug-likeness (QED) is 0.687. The molecule has 2 heterocycles. The molecule has 0 amide bonds. The van der Waals surface area contributed by atoms with Crippen molar-refractivity contribution in [2.75, 3.05) is 5.73 Å². The zero-order valence-electron chi connectivity index (χ0n) is 11.1. The standard InChI is InChI=1S/C14H11BrClN3OS/c1-2-8-6-9-12(18-14(17)19-13(9)21-8)20-11-4-3-7(16)5-10(11)15/h3-6H,2H2,1H3,(H2,17,18,19). The van der Waals surface area contributed by atoms with Gasteiger partial charge in [-0.2, -0.15) is 4.98 Å². The topological polar surface area (TPSA) is 61.0 Å². The first kappa shape index (κ1) is 14.6. The van der Waals surface area contributed by atoms with Crippen LogP contribution in [-0.4, -0.2) is 9.97 Å². The molecule has 0 spiro atoms. The summed E-state index contributed by atoms with van der Waals surface area (Å²) in [4.78, 5) is 10.5. The van der Waals surface area contributed by atoms with Gasteiger partial charge >= 0.3 is 0 Å². The third-order valence-electron chi connectivity index (χ3n) is 2.88. The van der Waals surface area contributed by atoms with Gasteiger partial charge in [0.15, 0.2) is 0 Å². The van der Waals surface area contributed by atoms with E-state index in [2.05, 4.69) is 32.8 Å². The number of nitrogen functional groups attached to an aromatic ring is 1. The highest BCUT2D eigenvalue weighted by Crippen LogP contribution is 2.36. The Labute approximate surface area is 139 Å². The lowest BCUT2D eigenvalue weighted by Gasteiger charge is -2.08. The van der Waals surface area contributed by atoms with Crippen molar-refractivity contribution in [1.82, 2.24) is 9.97 Å². The molecule has 0 aliphatic rings. The van der Waals surface area contributed by atoms with Crippen molar-refractivity contribution in [2.45, 2.75) is 13.3 Å². The summed E-state index contributed by atoms with van der Waals surface area (Å²) in [5.41, 5.74) is 5.76. The smallest absolute Gasteiger partial charge is 0.232 e. The van der Waals surface area contributed by atoms with Crippen LogP contribution in [0.4, 0.5) is 5.95 Å². The van der Waals surface area contributed by atoms with E-state index in [1.54, 1.807) is 29.5 Å². The SMILES string of the molecule is CCc1cc2c(Oc3ccc(Cl)cc3Br)nc(N)nc2s1. The van der Waals surface area contributed by atoms with Gasteiger partial charge in [-0.1, -0.05) is 18.5 Å². The van der Waals surface area contributed by atoms with E-state index in [1.165, 1.54) is 4.88 Å². The summed E-state index contributed by atoms with van der Waals surface area (Å²) in [7, 11) is 0. The number of hydrogen-bond acceptors (Lipinski definition) is 5. The lowest BCUT2D eigenvalue weighted by molar-refractivity contribution is 0.466. The Bertz CT molecular complexity index is 821. The Balaban J connectivity index is 2.08. The first-order chi connectivity index (χ1) is 10.1. The van der Waals surface area contributed by atoms with Gasteiger partial charge < -0.3 is 10.5 Å². The Morgan fingerprint density at radius 3 is 2.86 bits per heavy atom. The van der Waals surface area contributed by atoms with E-state index in [-0.39, 0.29) is 5.95 Å². The number of anilines is 1. The van der Waals surface area contributed by atoms with Crippen LogP contribution in [-0.2, 0) is 6.42 Å². The summed E-state index contributed by atoms with van der Waals surface area (Å²) in [6.07, 6.45) is 0.936. The minimum Gasteiger partial charge on any atom is -0.437 e. The van der Waals surface area contributed by atoms with Gasteiger partial charge in [-0.05, 0) is 46.6 Å². The fourth-order valence-electron chi connectivity index (χ4n) is 1.88. The van der Waals surface area contributed by atoms with Gasteiger partial charge in [0.05, 0.1) is 9.86 Å². The van der Waals surface area contributed by atoms with Crippen molar-refractivity contribution in [3.63, 3.8) is 0 Å². The molecule has 2 aromatic heterocycles. The number of aromatic nitrogens is 2. The summed E-state index contributed by atoms with van der Waals surface area (Å²) >= 11 is 11.0. The molecule has 0 fully saturated rings. The zero-order valence-corrected chi connectivity index (χ0v) is 14.2. The van der Waals surface area contributed by atoms with Crippen LogP contribution >= 0.6 is 38.9 Å². The van der Waals surface area contributed by atoms with Gasteiger partial charge in [0, 0.05) is 9.90 Å². The van der Waals surface area contributed by atoms with E-state index in [1.807, 2.05) is 6.07 Å². The van der Waals surface area contributed by atoms with Crippen LogP contribution < -0.4 is 10.5 Å². The van der Waals surface area contributed by atoms with Gasteiger partial charge in [0.25, 0.3) is 0 Å². The number of rotatable bonds is 3. The number of ether oxygens (including phenoxy) is 1. The minimum absolute atomic E-state index is 0.201.